The summed E-state index contributed by atoms with van der Waals surface area (Å²) in [4.78, 5) is 0.379. The summed E-state index contributed by atoms with van der Waals surface area (Å²) in [6.45, 7) is 1.10. The number of hydrogen-bond acceptors (Lipinski definition) is 4. The summed E-state index contributed by atoms with van der Waals surface area (Å²) in [7, 11) is 1.77. The largest absolute Gasteiger partial charge is 0.491 e. The van der Waals surface area contributed by atoms with Crippen molar-refractivity contribution in [1.82, 2.24) is 0 Å². The van der Waals surface area contributed by atoms with Crippen LogP contribution in [0.3, 0.4) is 0 Å². The van der Waals surface area contributed by atoms with Crippen molar-refractivity contribution in [1.29, 1.82) is 0 Å². The van der Waals surface area contributed by atoms with Crippen LogP contribution in [0.5, 0.6) is 5.75 Å². The van der Waals surface area contributed by atoms with Crippen LogP contribution in [-0.4, -0.2) is 37.5 Å². The van der Waals surface area contributed by atoms with Crippen LogP contribution in [0.25, 0.3) is 0 Å². The number of benzene rings is 1. The van der Waals surface area contributed by atoms with Gasteiger partial charge in [-0.3, -0.25) is 0 Å². The van der Waals surface area contributed by atoms with Gasteiger partial charge in [-0.1, -0.05) is 24.4 Å². The van der Waals surface area contributed by atoms with E-state index in [2.05, 4.69) is 0 Å². The fourth-order valence-electron chi connectivity index (χ4n) is 2.58. The molecule has 2 rings (SSSR count). The first-order chi connectivity index (χ1) is 10.2. The Hall–Kier alpha value is -1.17. The lowest BCUT2D eigenvalue weighted by molar-refractivity contribution is -0.0362. The molecular formula is C16H23NO3S. The molecular weight excluding hydrogens is 286 g/mol. The molecule has 1 fully saturated rings. The molecule has 1 aromatic rings. The van der Waals surface area contributed by atoms with E-state index in [1.165, 1.54) is 6.42 Å². The molecule has 0 aliphatic heterocycles. The predicted octanol–water partition coefficient (Wildman–Crippen LogP) is 2.67. The molecule has 5 heteroatoms. The Morgan fingerprint density at radius 3 is 2.86 bits per heavy atom. The average Bonchev–Trinajstić information content (AvgIpc) is 2.52. The van der Waals surface area contributed by atoms with E-state index in [9.17, 15) is 0 Å². The Bertz CT molecular complexity index is 467. The highest BCUT2D eigenvalue weighted by molar-refractivity contribution is 7.80. The summed E-state index contributed by atoms with van der Waals surface area (Å²) in [6.07, 6.45) is 5.02. The molecule has 4 nitrogen and oxygen atoms in total. The third kappa shape index (κ3) is 5.26. The molecule has 116 valence electrons. The number of ether oxygens (including phenoxy) is 3. The Kier molecular flexibility index (Phi) is 6.42. The molecule has 2 unspecified atom stereocenters. The number of nitrogens with two attached hydrogens (primary N) is 1. The van der Waals surface area contributed by atoms with Crippen LogP contribution in [0, 0.1) is 0 Å². The van der Waals surface area contributed by atoms with Gasteiger partial charge in [0, 0.05) is 12.7 Å². The molecule has 0 saturated heterocycles. The first-order valence-corrected chi connectivity index (χ1v) is 7.77. The Labute approximate surface area is 131 Å². The first kappa shape index (κ1) is 16.2. The molecule has 1 aromatic carbocycles. The quantitative estimate of drug-likeness (QED) is 0.620. The van der Waals surface area contributed by atoms with Crippen molar-refractivity contribution in [2.24, 2.45) is 5.73 Å². The first-order valence-electron chi connectivity index (χ1n) is 7.36. The lowest BCUT2D eigenvalue weighted by Gasteiger charge is -2.28. The molecule has 1 aliphatic carbocycles. The molecule has 1 aliphatic rings. The second-order valence-electron chi connectivity index (χ2n) is 5.26. The van der Waals surface area contributed by atoms with Gasteiger partial charge in [-0.25, -0.2) is 0 Å². The predicted molar refractivity (Wildman–Crippen MR) is 86.8 cm³/mol. The van der Waals surface area contributed by atoms with E-state index >= 15 is 0 Å². The van der Waals surface area contributed by atoms with E-state index in [0.29, 0.717) is 24.3 Å². The number of rotatable bonds is 7. The Morgan fingerprint density at radius 1 is 1.29 bits per heavy atom. The highest BCUT2D eigenvalue weighted by Gasteiger charge is 2.21. The van der Waals surface area contributed by atoms with Gasteiger partial charge in [0.25, 0.3) is 0 Å². The van der Waals surface area contributed by atoms with Gasteiger partial charge >= 0.3 is 0 Å². The van der Waals surface area contributed by atoms with Crippen molar-refractivity contribution >= 4 is 17.2 Å². The third-order valence-electron chi connectivity index (χ3n) is 3.74. The minimum Gasteiger partial charge on any atom is -0.491 e. The van der Waals surface area contributed by atoms with E-state index in [1.54, 1.807) is 7.11 Å². The Balaban J connectivity index is 1.70. The van der Waals surface area contributed by atoms with Crippen molar-refractivity contribution in [3.63, 3.8) is 0 Å². The minimum absolute atomic E-state index is 0.287. The summed E-state index contributed by atoms with van der Waals surface area (Å²) in [6, 6.07) is 7.50. The maximum Gasteiger partial charge on any atom is 0.120 e. The lowest BCUT2D eigenvalue weighted by Crippen LogP contribution is -2.28. The highest BCUT2D eigenvalue weighted by Crippen LogP contribution is 2.23. The van der Waals surface area contributed by atoms with Gasteiger partial charge in [0.05, 0.1) is 18.8 Å². The standard InChI is InChI=1S/C16H23NO3S/c1-18-13-5-3-7-15(11-13)20-9-8-19-14-6-2-4-12(10-14)16(17)21/h2,4,6,10,13,15H,3,5,7-9,11H2,1H3,(H2,17,21). The van der Waals surface area contributed by atoms with Crippen LogP contribution < -0.4 is 10.5 Å². The number of hydrogen-bond donors (Lipinski definition) is 1. The SMILES string of the molecule is COC1CCCC(OCCOc2cccc(C(N)=S)c2)C1. The van der Waals surface area contributed by atoms with E-state index in [1.807, 2.05) is 24.3 Å². The van der Waals surface area contributed by atoms with Crippen LogP contribution in [0.1, 0.15) is 31.2 Å². The molecule has 2 atom stereocenters. The number of methoxy groups -OCH3 is 1. The molecule has 0 bridgehead atoms. The minimum atomic E-state index is 0.287. The molecule has 21 heavy (non-hydrogen) atoms. The highest BCUT2D eigenvalue weighted by atomic mass is 32.1. The van der Waals surface area contributed by atoms with Crippen LogP contribution in [0.4, 0.5) is 0 Å². The summed E-state index contributed by atoms with van der Waals surface area (Å²) in [5, 5.41) is 0. The van der Waals surface area contributed by atoms with Gasteiger partial charge in [-0.15, -0.1) is 0 Å². The lowest BCUT2D eigenvalue weighted by atomic mass is 9.95. The van der Waals surface area contributed by atoms with Crippen LogP contribution in [-0.2, 0) is 9.47 Å². The summed E-state index contributed by atoms with van der Waals surface area (Å²) in [5.74, 6) is 0.766. The Morgan fingerprint density at radius 2 is 2.10 bits per heavy atom. The maximum atomic E-state index is 5.86. The number of thiocarbonyl (C=S) groups is 1. The van der Waals surface area contributed by atoms with Crippen molar-refractivity contribution in [2.45, 2.75) is 37.9 Å². The van der Waals surface area contributed by atoms with Crippen LogP contribution >= 0.6 is 12.2 Å². The molecule has 0 aromatic heterocycles. The summed E-state index contributed by atoms with van der Waals surface area (Å²) in [5.41, 5.74) is 6.42. The fourth-order valence-corrected chi connectivity index (χ4v) is 2.71. The van der Waals surface area contributed by atoms with Gasteiger partial charge < -0.3 is 19.9 Å². The molecule has 0 amide bonds. The van der Waals surface area contributed by atoms with Gasteiger partial charge in [-0.2, -0.15) is 0 Å². The summed E-state index contributed by atoms with van der Waals surface area (Å²) >= 11 is 4.95. The van der Waals surface area contributed by atoms with Gasteiger partial charge in [-0.05, 0) is 37.8 Å². The van der Waals surface area contributed by atoms with Crippen molar-refractivity contribution in [3.8, 4) is 5.75 Å². The average molecular weight is 309 g/mol. The normalized spacial score (nSPS) is 22.0. The topological polar surface area (TPSA) is 53.7 Å². The monoisotopic (exact) mass is 309 g/mol. The van der Waals surface area contributed by atoms with E-state index < -0.39 is 0 Å². The van der Waals surface area contributed by atoms with E-state index in [4.69, 9.17) is 32.2 Å². The molecule has 0 radical (unpaired) electrons. The molecule has 0 heterocycles. The van der Waals surface area contributed by atoms with E-state index in [-0.39, 0.29) is 6.10 Å². The second kappa shape index (κ2) is 8.32. The zero-order chi connectivity index (χ0) is 15.1. The zero-order valence-electron chi connectivity index (χ0n) is 12.4. The van der Waals surface area contributed by atoms with Crippen molar-refractivity contribution in [2.75, 3.05) is 20.3 Å². The third-order valence-corrected chi connectivity index (χ3v) is 3.97. The van der Waals surface area contributed by atoms with Gasteiger partial charge in [0.2, 0.25) is 0 Å². The van der Waals surface area contributed by atoms with Gasteiger partial charge in [0.15, 0.2) is 0 Å². The smallest absolute Gasteiger partial charge is 0.120 e. The van der Waals surface area contributed by atoms with Crippen LogP contribution in [0.15, 0.2) is 24.3 Å². The van der Waals surface area contributed by atoms with Crippen LogP contribution in [0.2, 0.25) is 0 Å². The van der Waals surface area contributed by atoms with Crippen molar-refractivity contribution < 1.29 is 14.2 Å². The molecule has 0 spiro atoms. The molecule has 1 saturated carbocycles. The second-order valence-corrected chi connectivity index (χ2v) is 5.70. The zero-order valence-corrected chi connectivity index (χ0v) is 13.2. The summed E-state index contributed by atoms with van der Waals surface area (Å²) < 4.78 is 16.9. The molecule has 2 N–H and O–H groups in total. The van der Waals surface area contributed by atoms with Crippen molar-refractivity contribution in [3.05, 3.63) is 29.8 Å². The maximum absolute atomic E-state index is 5.86. The van der Waals surface area contributed by atoms with E-state index in [0.717, 1.165) is 30.6 Å². The van der Waals surface area contributed by atoms with Gasteiger partial charge in [0.1, 0.15) is 17.3 Å². The fraction of sp³-hybridized carbons (Fsp3) is 0.562.